The summed E-state index contributed by atoms with van der Waals surface area (Å²) in [5.74, 6) is 0. The zero-order valence-corrected chi connectivity index (χ0v) is 17.8. The van der Waals surface area contributed by atoms with Crippen molar-refractivity contribution in [2.45, 2.75) is 48.9 Å². The number of hydrogen-bond donors (Lipinski definition) is 2. The van der Waals surface area contributed by atoms with E-state index in [1.165, 1.54) is 16.4 Å². The van der Waals surface area contributed by atoms with Crippen LogP contribution in [-0.2, 0) is 20.0 Å². The van der Waals surface area contributed by atoms with E-state index in [4.69, 9.17) is 0 Å². The van der Waals surface area contributed by atoms with Crippen LogP contribution in [0.25, 0.3) is 0 Å². The summed E-state index contributed by atoms with van der Waals surface area (Å²) < 4.78 is 54.7. The van der Waals surface area contributed by atoms with Crippen LogP contribution in [0, 0.1) is 6.92 Å². The maximum atomic E-state index is 12.9. The third-order valence-electron chi connectivity index (χ3n) is 4.48. The minimum atomic E-state index is -3.77. The molecule has 1 saturated heterocycles. The molecule has 1 atom stereocenters. The molecule has 26 heavy (non-hydrogen) atoms. The Morgan fingerprint density at radius 3 is 2.31 bits per heavy atom. The van der Waals surface area contributed by atoms with Crippen LogP contribution in [0.5, 0.6) is 0 Å². The highest BCUT2D eigenvalue weighted by Crippen LogP contribution is 2.25. The molecule has 0 aromatic heterocycles. The average Bonchev–Trinajstić information content (AvgIpc) is 2.60. The van der Waals surface area contributed by atoms with E-state index < -0.39 is 20.0 Å². The van der Waals surface area contributed by atoms with Crippen LogP contribution in [-0.4, -0.2) is 53.9 Å². The highest BCUT2D eigenvalue weighted by molar-refractivity contribution is 7.90. The summed E-state index contributed by atoms with van der Waals surface area (Å²) in [6.45, 7) is 4.72. The number of likely N-dealkylation sites (N-methyl/N-ethyl adjacent to an activating group) is 1. The van der Waals surface area contributed by atoms with Crippen LogP contribution in [0.2, 0.25) is 0 Å². The normalized spacial score (nSPS) is 17.5. The summed E-state index contributed by atoms with van der Waals surface area (Å²) in [4.78, 5) is 0.0379. The fourth-order valence-corrected chi connectivity index (χ4v) is 5.69. The molecule has 10 heteroatoms. The lowest BCUT2D eigenvalue weighted by Crippen LogP contribution is -2.37. The highest BCUT2D eigenvalue weighted by atomic mass is 35.5. The molecule has 0 spiro atoms. The van der Waals surface area contributed by atoms with Crippen molar-refractivity contribution in [1.82, 2.24) is 14.3 Å². The predicted octanol–water partition coefficient (Wildman–Crippen LogP) is 1.48. The first-order valence-corrected chi connectivity index (χ1v) is 11.4. The molecule has 0 saturated carbocycles. The molecular weight excluding hydrogens is 398 g/mol. The van der Waals surface area contributed by atoms with E-state index >= 15 is 0 Å². The maximum Gasteiger partial charge on any atom is 0.243 e. The van der Waals surface area contributed by atoms with E-state index in [0.717, 1.165) is 19.3 Å². The number of hydrogen-bond acceptors (Lipinski definition) is 5. The predicted molar refractivity (Wildman–Crippen MR) is 105 cm³/mol. The smallest absolute Gasteiger partial charge is 0.243 e. The second kappa shape index (κ2) is 9.48. The van der Waals surface area contributed by atoms with E-state index in [-0.39, 0.29) is 34.8 Å². The molecule has 0 aliphatic carbocycles. The SMILES string of the molecule is CNC(C)CNS(=O)(=O)c1ccc(C)c(S(=O)(=O)N2CCCCC2)c1.Cl. The van der Waals surface area contributed by atoms with E-state index in [9.17, 15) is 16.8 Å². The van der Waals surface area contributed by atoms with Gasteiger partial charge in [-0.15, -0.1) is 12.4 Å². The summed E-state index contributed by atoms with van der Waals surface area (Å²) in [7, 11) is -5.71. The van der Waals surface area contributed by atoms with Gasteiger partial charge in [-0.3, -0.25) is 0 Å². The Hall–Kier alpha value is -0.710. The van der Waals surface area contributed by atoms with Crippen molar-refractivity contribution in [3.63, 3.8) is 0 Å². The van der Waals surface area contributed by atoms with Gasteiger partial charge in [0.25, 0.3) is 0 Å². The molecule has 150 valence electrons. The molecule has 1 aliphatic heterocycles. The Morgan fingerprint density at radius 1 is 1.12 bits per heavy atom. The Morgan fingerprint density at radius 2 is 1.73 bits per heavy atom. The number of halogens is 1. The minimum absolute atomic E-state index is 0. The van der Waals surface area contributed by atoms with Gasteiger partial charge in [-0.1, -0.05) is 12.5 Å². The Labute approximate surface area is 163 Å². The topological polar surface area (TPSA) is 95.6 Å². The van der Waals surface area contributed by atoms with Gasteiger partial charge in [0.2, 0.25) is 20.0 Å². The number of piperidine rings is 1. The van der Waals surface area contributed by atoms with Gasteiger partial charge in [0.15, 0.2) is 0 Å². The fourth-order valence-electron chi connectivity index (χ4n) is 2.69. The first kappa shape index (κ1) is 23.3. The lowest BCUT2D eigenvalue weighted by Gasteiger charge is -2.26. The van der Waals surface area contributed by atoms with Crippen LogP contribution in [0.1, 0.15) is 31.7 Å². The molecule has 1 aromatic carbocycles. The van der Waals surface area contributed by atoms with Crippen molar-refractivity contribution in [2.24, 2.45) is 0 Å². The first-order valence-electron chi connectivity index (χ1n) is 8.46. The quantitative estimate of drug-likeness (QED) is 0.689. The van der Waals surface area contributed by atoms with Gasteiger partial charge in [0.1, 0.15) is 0 Å². The zero-order valence-electron chi connectivity index (χ0n) is 15.4. The number of benzene rings is 1. The number of aryl methyl sites for hydroxylation is 1. The third-order valence-corrected chi connectivity index (χ3v) is 7.94. The Kier molecular flexibility index (Phi) is 8.50. The zero-order chi connectivity index (χ0) is 18.7. The van der Waals surface area contributed by atoms with Crippen LogP contribution in [0.3, 0.4) is 0 Å². The standard InChI is InChI=1S/C16H27N3O4S2.ClH/c1-13-7-8-15(24(20,21)18-12-14(2)17-3)11-16(13)25(22,23)19-9-5-4-6-10-19;/h7-8,11,14,17-18H,4-6,9-10,12H2,1-3H3;1H. The summed E-state index contributed by atoms with van der Waals surface area (Å²) in [6.07, 6.45) is 2.69. The second-order valence-corrected chi connectivity index (χ2v) is 10.1. The molecule has 1 aliphatic rings. The molecule has 1 heterocycles. The van der Waals surface area contributed by atoms with Crippen molar-refractivity contribution >= 4 is 32.5 Å². The van der Waals surface area contributed by atoms with Gasteiger partial charge in [-0.2, -0.15) is 4.31 Å². The largest absolute Gasteiger partial charge is 0.316 e. The van der Waals surface area contributed by atoms with Crippen LogP contribution in [0.4, 0.5) is 0 Å². The van der Waals surface area contributed by atoms with Gasteiger partial charge in [-0.05, 0) is 51.4 Å². The lowest BCUT2D eigenvalue weighted by atomic mass is 10.2. The molecule has 1 fully saturated rings. The van der Waals surface area contributed by atoms with E-state index in [1.54, 1.807) is 20.0 Å². The van der Waals surface area contributed by atoms with Gasteiger partial charge >= 0.3 is 0 Å². The van der Waals surface area contributed by atoms with Crippen LogP contribution < -0.4 is 10.0 Å². The monoisotopic (exact) mass is 425 g/mol. The molecule has 7 nitrogen and oxygen atoms in total. The molecule has 1 aromatic rings. The molecule has 2 rings (SSSR count). The minimum Gasteiger partial charge on any atom is -0.316 e. The second-order valence-electron chi connectivity index (χ2n) is 6.43. The van der Waals surface area contributed by atoms with Crippen molar-refractivity contribution < 1.29 is 16.8 Å². The maximum absolute atomic E-state index is 12.9. The molecule has 2 N–H and O–H groups in total. The van der Waals surface area contributed by atoms with Crippen molar-refractivity contribution in [3.05, 3.63) is 23.8 Å². The summed E-state index contributed by atoms with van der Waals surface area (Å²) in [5.41, 5.74) is 0.549. The van der Waals surface area contributed by atoms with Crippen LogP contribution >= 0.6 is 12.4 Å². The van der Waals surface area contributed by atoms with Crippen molar-refractivity contribution in [1.29, 1.82) is 0 Å². The third kappa shape index (κ3) is 5.40. The van der Waals surface area contributed by atoms with E-state index in [1.807, 2.05) is 6.92 Å². The Balaban J connectivity index is 0.00000338. The van der Waals surface area contributed by atoms with Gasteiger partial charge in [0.05, 0.1) is 9.79 Å². The number of sulfonamides is 2. The number of rotatable bonds is 7. The number of nitrogens with one attached hydrogen (secondary N) is 2. The number of nitrogens with zero attached hydrogens (tertiary/aromatic N) is 1. The molecular formula is C16H28ClN3O4S2. The van der Waals surface area contributed by atoms with Gasteiger partial charge in [0, 0.05) is 25.7 Å². The summed E-state index contributed by atoms with van der Waals surface area (Å²) in [5, 5.41) is 2.95. The molecule has 0 amide bonds. The van der Waals surface area contributed by atoms with E-state index in [0.29, 0.717) is 18.7 Å². The van der Waals surface area contributed by atoms with Crippen molar-refractivity contribution in [3.8, 4) is 0 Å². The van der Waals surface area contributed by atoms with Gasteiger partial charge in [-0.25, -0.2) is 21.6 Å². The molecule has 1 unspecified atom stereocenters. The Bertz CT molecular complexity index is 807. The summed E-state index contributed by atoms with van der Waals surface area (Å²) >= 11 is 0. The molecule has 0 bridgehead atoms. The molecule has 0 radical (unpaired) electrons. The lowest BCUT2D eigenvalue weighted by molar-refractivity contribution is 0.346. The van der Waals surface area contributed by atoms with Crippen molar-refractivity contribution in [2.75, 3.05) is 26.7 Å². The summed E-state index contributed by atoms with van der Waals surface area (Å²) in [6, 6.07) is 4.23. The van der Waals surface area contributed by atoms with Gasteiger partial charge < -0.3 is 5.32 Å². The highest BCUT2D eigenvalue weighted by Gasteiger charge is 2.29. The van der Waals surface area contributed by atoms with E-state index in [2.05, 4.69) is 10.0 Å². The first-order chi connectivity index (χ1) is 11.7. The fraction of sp³-hybridized carbons (Fsp3) is 0.625. The average molecular weight is 426 g/mol. The van der Waals surface area contributed by atoms with Crippen LogP contribution in [0.15, 0.2) is 28.0 Å².